The minimum atomic E-state index is -0.432. The molecule has 144 valence electrons. The summed E-state index contributed by atoms with van der Waals surface area (Å²) in [6, 6.07) is 15.0. The molecule has 1 N–H and O–H groups in total. The van der Waals surface area contributed by atoms with Gasteiger partial charge in [0.15, 0.2) is 0 Å². The van der Waals surface area contributed by atoms with Crippen LogP contribution < -0.4 is 15.0 Å². The molecule has 0 atom stereocenters. The fourth-order valence-electron chi connectivity index (χ4n) is 3.26. The number of aromatic nitrogens is 2. The molecule has 4 rings (SSSR count). The molecule has 1 saturated heterocycles. The number of carbonyl (C=O) groups is 1. The Bertz CT molecular complexity index is 929. The van der Waals surface area contributed by atoms with Crippen LogP contribution >= 0.6 is 0 Å². The van der Waals surface area contributed by atoms with E-state index in [2.05, 4.69) is 20.4 Å². The van der Waals surface area contributed by atoms with Gasteiger partial charge in [0, 0.05) is 30.0 Å². The number of ether oxygens (including phenoxy) is 1. The van der Waals surface area contributed by atoms with Gasteiger partial charge in [-0.3, -0.25) is 4.79 Å². The van der Waals surface area contributed by atoms with Crippen LogP contribution in [0, 0.1) is 0 Å². The molecular weight excluding hydrogens is 356 g/mol. The van der Waals surface area contributed by atoms with Gasteiger partial charge in [-0.1, -0.05) is 0 Å². The van der Waals surface area contributed by atoms with Crippen LogP contribution in [0.4, 0.5) is 11.4 Å². The van der Waals surface area contributed by atoms with Crippen molar-refractivity contribution in [2.45, 2.75) is 19.3 Å². The predicted octanol–water partition coefficient (Wildman–Crippen LogP) is 3.99. The zero-order valence-electron chi connectivity index (χ0n) is 15.7. The number of carbonyl (C=O) groups excluding carboxylic acids is 1. The van der Waals surface area contributed by atoms with Crippen LogP contribution in [-0.4, -0.2) is 36.3 Å². The van der Waals surface area contributed by atoms with Gasteiger partial charge >= 0.3 is 11.8 Å². The van der Waals surface area contributed by atoms with Crippen LogP contribution in [0.5, 0.6) is 5.75 Å². The molecule has 0 aliphatic carbocycles. The van der Waals surface area contributed by atoms with Crippen molar-refractivity contribution in [3.63, 3.8) is 0 Å². The van der Waals surface area contributed by atoms with Gasteiger partial charge in [-0.05, 0) is 67.8 Å². The maximum Gasteiger partial charge on any atom is 0.313 e. The van der Waals surface area contributed by atoms with Crippen molar-refractivity contribution < 1.29 is 13.9 Å². The molecule has 0 bridgehead atoms. The van der Waals surface area contributed by atoms with Crippen molar-refractivity contribution in [1.29, 1.82) is 0 Å². The van der Waals surface area contributed by atoms with E-state index in [1.54, 1.807) is 31.4 Å². The van der Waals surface area contributed by atoms with Crippen molar-refractivity contribution in [3.8, 4) is 17.2 Å². The van der Waals surface area contributed by atoms with Gasteiger partial charge in [-0.2, -0.15) is 0 Å². The van der Waals surface area contributed by atoms with Gasteiger partial charge in [0.05, 0.1) is 7.11 Å². The second kappa shape index (κ2) is 8.12. The highest BCUT2D eigenvalue weighted by Crippen LogP contribution is 2.23. The molecule has 1 aromatic heterocycles. The predicted molar refractivity (Wildman–Crippen MR) is 107 cm³/mol. The number of nitrogens with zero attached hydrogens (tertiary/aromatic N) is 3. The summed E-state index contributed by atoms with van der Waals surface area (Å²) in [7, 11) is 1.60. The first-order valence-electron chi connectivity index (χ1n) is 9.37. The van der Waals surface area contributed by atoms with E-state index in [9.17, 15) is 4.79 Å². The maximum absolute atomic E-state index is 12.4. The highest BCUT2D eigenvalue weighted by molar-refractivity contribution is 6.01. The first kappa shape index (κ1) is 18.0. The summed E-state index contributed by atoms with van der Waals surface area (Å²) in [6.07, 6.45) is 3.76. The highest BCUT2D eigenvalue weighted by atomic mass is 16.5. The molecule has 1 aliphatic rings. The summed E-state index contributed by atoms with van der Waals surface area (Å²) < 4.78 is 10.6. The van der Waals surface area contributed by atoms with Crippen molar-refractivity contribution in [2.24, 2.45) is 0 Å². The summed E-state index contributed by atoms with van der Waals surface area (Å²) in [5.41, 5.74) is 2.59. The Labute approximate surface area is 163 Å². The van der Waals surface area contributed by atoms with Gasteiger partial charge in [0.2, 0.25) is 5.89 Å². The summed E-state index contributed by atoms with van der Waals surface area (Å²) in [6.45, 7) is 2.17. The third-order valence-electron chi connectivity index (χ3n) is 4.80. The second-order valence-corrected chi connectivity index (χ2v) is 6.69. The summed E-state index contributed by atoms with van der Waals surface area (Å²) in [5, 5.41) is 10.6. The number of nitrogens with one attached hydrogen (secondary N) is 1. The monoisotopic (exact) mass is 378 g/mol. The average molecular weight is 378 g/mol. The molecule has 7 nitrogen and oxygen atoms in total. The molecule has 1 amide bonds. The van der Waals surface area contributed by atoms with E-state index < -0.39 is 5.91 Å². The summed E-state index contributed by atoms with van der Waals surface area (Å²) in [4.78, 5) is 14.8. The lowest BCUT2D eigenvalue weighted by atomic mass is 10.1. The van der Waals surface area contributed by atoms with Crippen LogP contribution in [0.3, 0.4) is 0 Å². The molecule has 0 radical (unpaired) electrons. The zero-order valence-corrected chi connectivity index (χ0v) is 15.7. The van der Waals surface area contributed by atoms with Crippen molar-refractivity contribution in [1.82, 2.24) is 10.2 Å². The van der Waals surface area contributed by atoms with Crippen LogP contribution in [0.15, 0.2) is 52.9 Å². The van der Waals surface area contributed by atoms with Crippen LogP contribution in [0.25, 0.3) is 11.5 Å². The lowest BCUT2D eigenvalue weighted by molar-refractivity contribution is 0.0991. The number of hydrogen-bond donors (Lipinski definition) is 1. The number of anilines is 2. The van der Waals surface area contributed by atoms with Crippen molar-refractivity contribution in [2.75, 3.05) is 30.4 Å². The average Bonchev–Trinajstić information content (AvgIpc) is 3.25. The second-order valence-electron chi connectivity index (χ2n) is 6.69. The van der Waals surface area contributed by atoms with Gasteiger partial charge in [-0.25, -0.2) is 0 Å². The molecule has 0 spiro atoms. The smallest absolute Gasteiger partial charge is 0.313 e. The Kier molecular flexibility index (Phi) is 5.23. The lowest BCUT2D eigenvalue weighted by Gasteiger charge is -2.28. The zero-order chi connectivity index (χ0) is 19.3. The Morgan fingerprint density at radius 1 is 1.00 bits per heavy atom. The number of rotatable bonds is 5. The molecule has 7 heteroatoms. The third kappa shape index (κ3) is 3.98. The number of benzene rings is 2. The summed E-state index contributed by atoms with van der Waals surface area (Å²) >= 11 is 0. The van der Waals surface area contributed by atoms with Gasteiger partial charge in [-0.15, -0.1) is 10.2 Å². The molecule has 2 heterocycles. The van der Waals surface area contributed by atoms with Gasteiger partial charge in [0.1, 0.15) is 5.75 Å². The molecular formula is C21H22N4O3. The first-order chi connectivity index (χ1) is 13.7. The molecule has 3 aromatic rings. The van der Waals surface area contributed by atoms with Gasteiger partial charge < -0.3 is 19.4 Å². The Hall–Kier alpha value is -3.35. The van der Waals surface area contributed by atoms with E-state index in [0.29, 0.717) is 5.69 Å². The topological polar surface area (TPSA) is 80.5 Å². The standard InChI is InChI=1S/C21H22N4O3/c1-27-18-11-5-15(6-12-18)20-23-24-21(28-20)19(26)22-16-7-9-17(10-8-16)25-13-3-2-4-14-25/h5-12H,2-4,13-14H2,1H3,(H,22,26). The quantitative estimate of drug-likeness (QED) is 0.723. The number of amides is 1. The van der Waals surface area contributed by atoms with E-state index in [1.807, 2.05) is 24.3 Å². The molecule has 2 aromatic carbocycles. The Balaban J connectivity index is 1.41. The largest absolute Gasteiger partial charge is 0.497 e. The first-order valence-corrected chi connectivity index (χ1v) is 9.37. The van der Waals surface area contributed by atoms with E-state index in [0.717, 1.165) is 24.4 Å². The van der Waals surface area contributed by atoms with Crippen molar-refractivity contribution in [3.05, 3.63) is 54.4 Å². The van der Waals surface area contributed by atoms with Gasteiger partial charge in [0.25, 0.3) is 0 Å². The van der Waals surface area contributed by atoms with Crippen LogP contribution in [0.1, 0.15) is 29.9 Å². The SMILES string of the molecule is COc1ccc(-c2nnc(C(=O)Nc3ccc(N4CCCCC4)cc3)o2)cc1. The molecule has 28 heavy (non-hydrogen) atoms. The molecule has 1 aliphatic heterocycles. The van der Waals surface area contributed by atoms with E-state index in [4.69, 9.17) is 9.15 Å². The Morgan fingerprint density at radius 3 is 2.39 bits per heavy atom. The molecule has 0 saturated carbocycles. The van der Waals surface area contributed by atoms with Crippen LogP contribution in [-0.2, 0) is 0 Å². The van der Waals surface area contributed by atoms with E-state index in [-0.39, 0.29) is 11.8 Å². The van der Waals surface area contributed by atoms with Crippen molar-refractivity contribution >= 4 is 17.3 Å². The molecule has 0 unspecified atom stereocenters. The fourth-order valence-corrected chi connectivity index (χ4v) is 3.26. The maximum atomic E-state index is 12.4. The summed E-state index contributed by atoms with van der Waals surface area (Å²) in [5.74, 6) is 0.506. The molecule has 1 fully saturated rings. The Morgan fingerprint density at radius 2 is 1.71 bits per heavy atom. The third-order valence-corrected chi connectivity index (χ3v) is 4.80. The fraction of sp³-hybridized carbons (Fsp3) is 0.286. The lowest BCUT2D eigenvalue weighted by Crippen LogP contribution is -2.29. The highest BCUT2D eigenvalue weighted by Gasteiger charge is 2.17. The number of hydrogen-bond acceptors (Lipinski definition) is 6. The number of methoxy groups -OCH3 is 1. The minimum absolute atomic E-state index is 0.0778. The minimum Gasteiger partial charge on any atom is -0.497 e. The van der Waals surface area contributed by atoms with Crippen LogP contribution in [0.2, 0.25) is 0 Å². The van der Waals surface area contributed by atoms with E-state index >= 15 is 0 Å². The van der Waals surface area contributed by atoms with E-state index in [1.165, 1.54) is 24.9 Å². The normalized spacial score (nSPS) is 14.0. The number of piperidine rings is 1.